The number of hydrogen-bond acceptors (Lipinski definition) is 2. The number of amides is 2. The minimum Gasteiger partial charge on any atom is -0.342 e. The largest absolute Gasteiger partial charge is 0.342 e. The van der Waals surface area contributed by atoms with Gasteiger partial charge in [0.2, 0.25) is 11.8 Å². The third-order valence-corrected chi connectivity index (χ3v) is 4.40. The van der Waals surface area contributed by atoms with Gasteiger partial charge in [0, 0.05) is 19.5 Å². The molecule has 0 unspecified atom stereocenters. The van der Waals surface area contributed by atoms with E-state index in [1.165, 1.54) is 5.56 Å². The number of carbonyl (C=O) groups is 2. The van der Waals surface area contributed by atoms with Gasteiger partial charge in [-0.15, -0.1) is 0 Å². The molecule has 114 valence electrons. The van der Waals surface area contributed by atoms with E-state index in [9.17, 15) is 9.59 Å². The van der Waals surface area contributed by atoms with Crippen molar-refractivity contribution in [3.8, 4) is 0 Å². The molecule has 0 atom stereocenters. The summed E-state index contributed by atoms with van der Waals surface area (Å²) >= 11 is 0. The third kappa shape index (κ3) is 3.43. The highest BCUT2D eigenvalue weighted by molar-refractivity contribution is 5.93. The zero-order chi connectivity index (χ0) is 15.3. The molecule has 0 radical (unpaired) electrons. The summed E-state index contributed by atoms with van der Waals surface area (Å²) < 4.78 is 0. The number of rotatable bonds is 5. The van der Waals surface area contributed by atoms with Gasteiger partial charge in [0.05, 0.1) is 0 Å². The molecule has 2 rings (SSSR count). The van der Waals surface area contributed by atoms with Crippen molar-refractivity contribution in [2.75, 3.05) is 13.1 Å². The lowest BCUT2D eigenvalue weighted by molar-refractivity contribution is -0.139. The highest BCUT2D eigenvalue weighted by Gasteiger charge is 2.41. The second kappa shape index (κ2) is 6.74. The molecule has 1 fully saturated rings. The Morgan fingerprint density at radius 3 is 2.43 bits per heavy atom. The minimum absolute atomic E-state index is 0.0192. The number of nitrogens with one attached hydrogen (secondary N) is 1. The van der Waals surface area contributed by atoms with Crippen molar-refractivity contribution in [3.63, 3.8) is 0 Å². The number of hydrogen-bond donors (Lipinski definition) is 1. The first-order valence-corrected chi connectivity index (χ1v) is 7.75. The molecule has 1 aromatic carbocycles. The van der Waals surface area contributed by atoms with Gasteiger partial charge in [-0.2, -0.15) is 0 Å². The van der Waals surface area contributed by atoms with E-state index in [0.717, 1.165) is 6.42 Å². The Bertz CT molecular complexity index is 495. The Morgan fingerprint density at radius 2 is 1.81 bits per heavy atom. The Morgan fingerprint density at radius 1 is 1.14 bits per heavy atom. The molecule has 21 heavy (non-hydrogen) atoms. The smallest absolute Gasteiger partial charge is 0.248 e. The van der Waals surface area contributed by atoms with E-state index in [1.807, 2.05) is 36.9 Å². The molecule has 0 aromatic heterocycles. The highest BCUT2D eigenvalue weighted by Crippen LogP contribution is 2.22. The molecule has 1 aromatic rings. The summed E-state index contributed by atoms with van der Waals surface area (Å²) in [6.45, 7) is 5.10. The summed E-state index contributed by atoms with van der Waals surface area (Å²) in [5, 5.41) is 2.94. The average Bonchev–Trinajstić information content (AvgIpc) is 2.64. The fourth-order valence-electron chi connectivity index (χ4n) is 2.87. The van der Waals surface area contributed by atoms with Crippen LogP contribution in [0, 0.1) is 0 Å². The van der Waals surface area contributed by atoms with Gasteiger partial charge in [0.15, 0.2) is 0 Å². The number of carbonyl (C=O) groups excluding carboxylic acids is 2. The molecule has 1 heterocycles. The van der Waals surface area contributed by atoms with Crippen LogP contribution in [0.3, 0.4) is 0 Å². The van der Waals surface area contributed by atoms with Crippen LogP contribution >= 0.6 is 0 Å². The lowest BCUT2D eigenvalue weighted by Gasteiger charge is -2.33. The third-order valence-electron chi connectivity index (χ3n) is 4.40. The highest BCUT2D eigenvalue weighted by atomic mass is 16.2. The van der Waals surface area contributed by atoms with E-state index < -0.39 is 5.54 Å². The number of benzene rings is 1. The first-order chi connectivity index (χ1) is 10.1. The van der Waals surface area contributed by atoms with Crippen molar-refractivity contribution in [3.05, 3.63) is 35.9 Å². The molecular formula is C17H24N2O2. The van der Waals surface area contributed by atoms with Gasteiger partial charge in [0.1, 0.15) is 5.54 Å². The molecule has 2 amide bonds. The van der Waals surface area contributed by atoms with E-state index in [-0.39, 0.29) is 11.8 Å². The van der Waals surface area contributed by atoms with Crippen LogP contribution in [0.25, 0.3) is 0 Å². The predicted molar refractivity (Wildman–Crippen MR) is 82.8 cm³/mol. The molecule has 1 aliphatic heterocycles. The van der Waals surface area contributed by atoms with Crippen LogP contribution in [0.4, 0.5) is 0 Å². The molecule has 0 spiro atoms. The van der Waals surface area contributed by atoms with E-state index in [2.05, 4.69) is 17.4 Å². The minimum atomic E-state index is -0.718. The molecule has 0 saturated carbocycles. The monoisotopic (exact) mass is 288 g/mol. The Hall–Kier alpha value is -1.84. The lowest BCUT2D eigenvalue weighted by atomic mass is 9.91. The maximum Gasteiger partial charge on any atom is 0.248 e. The van der Waals surface area contributed by atoms with Crippen LogP contribution in [0.5, 0.6) is 0 Å². The Labute approximate surface area is 126 Å². The van der Waals surface area contributed by atoms with Crippen LogP contribution in [-0.2, 0) is 16.0 Å². The molecule has 4 nitrogen and oxygen atoms in total. The molecular weight excluding hydrogens is 264 g/mol. The molecule has 1 aliphatic rings. The van der Waals surface area contributed by atoms with Crippen molar-refractivity contribution >= 4 is 11.8 Å². The molecule has 0 aliphatic carbocycles. The molecule has 1 N–H and O–H groups in total. The van der Waals surface area contributed by atoms with E-state index in [1.54, 1.807) is 0 Å². The predicted octanol–water partition coefficient (Wildman–Crippen LogP) is 2.14. The van der Waals surface area contributed by atoms with Gasteiger partial charge >= 0.3 is 0 Å². The normalized spacial score (nSPS) is 18.3. The zero-order valence-corrected chi connectivity index (χ0v) is 12.9. The quantitative estimate of drug-likeness (QED) is 0.902. The first-order valence-electron chi connectivity index (χ1n) is 7.75. The number of nitrogens with zero attached hydrogens (tertiary/aromatic N) is 1. The fraction of sp³-hybridized carbons (Fsp3) is 0.529. The SMILES string of the molecule is CCC1(CC)NC(=O)CCN(CCc2ccccc2)C1=O. The average molecular weight is 288 g/mol. The Balaban J connectivity index is 2.11. The summed E-state index contributed by atoms with van der Waals surface area (Å²) in [5.41, 5.74) is 0.497. The van der Waals surface area contributed by atoms with E-state index >= 15 is 0 Å². The standard InChI is InChI=1S/C17H24N2O2/c1-3-17(4-2)16(21)19(13-11-15(20)18-17)12-10-14-8-6-5-7-9-14/h5-9H,3-4,10-13H2,1-2H3,(H,18,20). The van der Waals surface area contributed by atoms with E-state index in [4.69, 9.17) is 0 Å². The van der Waals surface area contributed by atoms with Gasteiger partial charge in [-0.25, -0.2) is 0 Å². The second-order valence-corrected chi connectivity index (χ2v) is 5.62. The molecule has 4 heteroatoms. The van der Waals surface area contributed by atoms with Gasteiger partial charge in [-0.05, 0) is 24.8 Å². The van der Waals surface area contributed by atoms with Crippen molar-refractivity contribution in [1.29, 1.82) is 0 Å². The fourth-order valence-corrected chi connectivity index (χ4v) is 2.87. The van der Waals surface area contributed by atoms with Gasteiger partial charge in [0.25, 0.3) is 0 Å². The van der Waals surface area contributed by atoms with E-state index in [0.29, 0.717) is 32.4 Å². The maximum absolute atomic E-state index is 12.8. The van der Waals surface area contributed by atoms with Crippen molar-refractivity contribution in [2.24, 2.45) is 0 Å². The van der Waals surface area contributed by atoms with Crippen LogP contribution in [-0.4, -0.2) is 35.3 Å². The lowest BCUT2D eigenvalue weighted by Crippen LogP contribution is -2.56. The zero-order valence-electron chi connectivity index (χ0n) is 12.9. The topological polar surface area (TPSA) is 49.4 Å². The maximum atomic E-state index is 12.8. The van der Waals surface area contributed by atoms with Crippen molar-refractivity contribution in [1.82, 2.24) is 10.2 Å². The molecule has 0 bridgehead atoms. The van der Waals surface area contributed by atoms with Gasteiger partial charge in [-0.3, -0.25) is 9.59 Å². The summed E-state index contributed by atoms with van der Waals surface area (Å²) in [7, 11) is 0. The van der Waals surface area contributed by atoms with Gasteiger partial charge < -0.3 is 10.2 Å². The van der Waals surface area contributed by atoms with Crippen LogP contribution in [0.1, 0.15) is 38.7 Å². The summed E-state index contributed by atoms with van der Waals surface area (Å²) in [5.74, 6) is 0.0449. The van der Waals surface area contributed by atoms with Crippen LogP contribution < -0.4 is 5.32 Å². The second-order valence-electron chi connectivity index (χ2n) is 5.62. The van der Waals surface area contributed by atoms with Crippen LogP contribution in [0.15, 0.2) is 30.3 Å². The van der Waals surface area contributed by atoms with Crippen LogP contribution in [0.2, 0.25) is 0 Å². The first kappa shape index (κ1) is 15.5. The summed E-state index contributed by atoms with van der Waals surface area (Å²) in [6, 6.07) is 10.1. The van der Waals surface area contributed by atoms with Gasteiger partial charge in [-0.1, -0.05) is 44.2 Å². The Kier molecular flexibility index (Phi) is 4.99. The van der Waals surface area contributed by atoms with Crippen molar-refractivity contribution < 1.29 is 9.59 Å². The molecule has 1 saturated heterocycles. The van der Waals surface area contributed by atoms with Crippen molar-refractivity contribution in [2.45, 2.75) is 45.1 Å². The summed E-state index contributed by atoms with van der Waals surface area (Å²) in [6.07, 6.45) is 2.48. The summed E-state index contributed by atoms with van der Waals surface area (Å²) in [4.78, 5) is 26.5.